The predicted octanol–water partition coefficient (Wildman–Crippen LogP) is 1.36. The normalized spacial score (nSPS) is 18.3. The number of hydrogen-bond acceptors (Lipinski definition) is 3. The number of hydrogen-bond donors (Lipinski definition) is 2. The van der Waals surface area contributed by atoms with Crippen molar-refractivity contribution in [2.45, 2.75) is 56.6 Å². The van der Waals surface area contributed by atoms with Gasteiger partial charge in [0.15, 0.2) is 0 Å². The number of nitrogens with two attached hydrogens (primary N) is 1. The zero-order chi connectivity index (χ0) is 13.6. The summed E-state index contributed by atoms with van der Waals surface area (Å²) >= 11 is 0. The van der Waals surface area contributed by atoms with Gasteiger partial charge < -0.3 is 10.3 Å². The molecule has 0 bridgehead atoms. The molecule has 18 heavy (non-hydrogen) atoms. The molecular weight excluding hydrogens is 250 g/mol. The average molecular weight is 271 g/mol. The lowest BCUT2D eigenvalue weighted by atomic mass is 10.3. The van der Waals surface area contributed by atoms with Gasteiger partial charge in [0.05, 0.1) is 4.90 Å². The van der Waals surface area contributed by atoms with Crippen LogP contribution in [0, 0.1) is 0 Å². The number of nitrogens with one attached hydrogen (secondary N) is 1. The van der Waals surface area contributed by atoms with Crippen molar-refractivity contribution in [3.63, 3.8) is 0 Å². The van der Waals surface area contributed by atoms with Crippen LogP contribution in [0.4, 0.5) is 0 Å². The molecular formula is C12H21N3O2S. The topological polar surface area (TPSA) is 77.1 Å². The van der Waals surface area contributed by atoms with Crippen molar-refractivity contribution < 1.29 is 8.42 Å². The Labute approximate surface area is 108 Å². The second-order valence-corrected chi connectivity index (χ2v) is 7.22. The molecule has 0 aromatic carbocycles. The zero-order valence-corrected chi connectivity index (χ0v) is 11.9. The third-order valence-electron chi connectivity index (χ3n) is 3.36. The van der Waals surface area contributed by atoms with Crippen molar-refractivity contribution in [3.8, 4) is 0 Å². The average Bonchev–Trinajstić information content (AvgIpc) is 2.83. The van der Waals surface area contributed by atoms with Crippen molar-refractivity contribution in [2.75, 3.05) is 0 Å². The maximum Gasteiger partial charge on any atom is 0.242 e. The monoisotopic (exact) mass is 271 g/mol. The molecule has 0 saturated heterocycles. The van der Waals surface area contributed by atoms with Crippen LogP contribution in [0.3, 0.4) is 0 Å². The van der Waals surface area contributed by atoms with Gasteiger partial charge in [0.1, 0.15) is 0 Å². The van der Waals surface area contributed by atoms with E-state index in [2.05, 4.69) is 4.72 Å². The molecule has 6 heteroatoms. The van der Waals surface area contributed by atoms with Crippen LogP contribution in [0.15, 0.2) is 17.2 Å². The van der Waals surface area contributed by atoms with Gasteiger partial charge in [0, 0.05) is 30.0 Å². The van der Waals surface area contributed by atoms with E-state index in [1.165, 1.54) is 0 Å². The molecule has 1 aliphatic rings. The highest BCUT2D eigenvalue weighted by Gasteiger charge is 2.41. The Morgan fingerprint density at radius 1 is 1.50 bits per heavy atom. The molecule has 2 rings (SSSR count). The minimum atomic E-state index is -3.43. The van der Waals surface area contributed by atoms with Crippen molar-refractivity contribution in [1.82, 2.24) is 9.29 Å². The highest BCUT2D eigenvalue weighted by atomic mass is 32.2. The number of sulfonamides is 1. The van der Waals surface area contributed by atoms with Crippen LogP contribution in [-0.4, -0.2) is 18.5 Å². The highest BCUT2D eigenvalue weighted by Crippen LogP contribution is 2.36. The van der Waals surface area contributed by atoms with Crippen LogP contribution < -0.4 is 10.5 Å². The number of aromatic nitrogens is 1. The Morgan fingerprint density at radius 2 is 2.11 bits per heavy atom. The first kappa shape index (κ1) is 13.6. The van der Waals surface area contributed by atoms with Gasteiger partial charge in [0.2, 0.25) is 10.0 Å². The third-order valence-corrected chi connectivity index (χ3v) is 4.97. The molecule has 1 aromatic heterocycles. The van der Waals surface area contributed by atoms with E-state index in [1.807, 2.05) is 25.3 Å². The van der Waals surface area contributed by atoms with Gasteiger partial charge in [0.25, 0.3) is 0 Å². The fourth-order valence-corrected chi connectivity index (χ4v) is 3.48. The van der Waals surface area contributed by atoms with Gasteiger partial charge in [-0.15, -0.1) is 0 Å². The Hall–Kier alpha value is -0.850. The van der Waals surface area contributed by atoms with Gasteiger partial charge in [-0.05, 0) is 39.7 Å². The molecule has 5 nitrogen and oxygen atoms in total. The molecule has 0 radical (unpaired) electrons. The minimum Gasteiger partial charge on any atom is -0.346 e. The summed E-state index contributed by atoms with van der Waals surface area (Å²) in [6, 6.07) is 1.86. The fraction of sp³-hybridized carbons (Fsp3) is 0.667. The molecule has 0 aliphatic heterocycles. The van der Waals surface area contributed by atoms with Crippen molar-refractivity contribution in [1.29, 1.82) is 0 Å². The Balaban J connectivity index is 2.33. The quantitative estimate of drug-likeness (QED) is 0.849. The largest absolute Gasteiger partial charge is 0.346 e. The molecule has 0 spiro atoms. The van der Waals surface area contributed by atoms with E-state index < -0.39 is 10.0 Å². The van der Waals surface area contributed by atoms with Crippen LogP contribution in [0.25, 0.3) is 0 Å². The summed E-state index contributed by atoms with van der Waals surface area (Å²) in [5.74, 6) is 0. The van der Waals surface area contributed by atoms with Crippen molar-refractivity contribution >= 4 is 10.0 Å². The molecule has 1 saturated carbocycles. The molecule has 0 atom stereocenters. The van der Waals surface area contributed by atoms with E-state index in [-0.39, 0.29) is 11.6 Å². The molecule has 1 aliphatic carbocycles. The van der Waals surface area contributed by atoms with Crippen LogP contribution >= 0.6 is 0 Å². The summed E-state index contributed by atoms with van der Waals surface area (Å²) < 4.78 is 29.1. The molecule has 1 aromatic rings. The lowest BCUT2D eigenvalue weighted by Gasteiger charge is -2.11. The number of rotatable bonds is 5. The molecule has 0 unspecified atom stereocenters. The van der Waals surface area contributed by atoms with Gasteiger partial charge in [-0.2, -0.15) is 0 Å². The predicted molar refractivity (Wildman–Crippen MR) is 70.7 cm³/mol. The van der Waals surface area contributed by atoms with E-state index in [4.69, 9.17) is 5.73 Å². The highest BCUT2D eigenvalue weighted by molar-refractivity contribution is 7.89. The Morgan fingerprint density at radius 3 is 2.50 bits per heavy atom. The van der Waals surface area contributed by atoms with Crippen LogP contribution in [-0.2, 0) is 16.6 Å². The zero-order valence-electron chi connectivity index (χ0n) is 11.1. The SMILES string of the molecule is CC(C)n1cc(S(=O)(=O)NC2(C)CC2)cc1CN. The fourth-order valence-electron chi connectivity index (χ4n) is 1.96. The molecule has 102 valence electrons. The second-order valence-electron chi connectivity index (χ2n) is 5.54. The molecule has 1 fully saturated rings. The van der Waals surface area contributed by atoms with Crippen LogP contribution in [0.2, 0.25) is 0 Å². The lowest BCUT2D eigenvalue weighted by Crippen LogP contribution is -2.34. The summed E-state index contributed by atoms with van der Waals surface area (Å²) in [5.41, 5.74) is 6.24. The second kappa shape index (κ2) is 4.36. The number of nitrogens with zero attached hydrogens (tertiary/aromatic N) is 1. The Bertz CT molecular complexity index is 542. The standard InChI is InChI=1S/C12H21N3O2S/c1-9(2)15-8-11(6-10(15)7-13)18(16,17)14-12(3)4-5-12/h6,8-9,14H,4-5,7,13H2,1-3H3. The van der Waals surface area contributed by atoms with E-state index in [0.717, 1.165) is 18.5 Å². The summed E-state index contributed by atoms with van der Waals surface area (Å²) in [6.45, 7) is 6.27. The van der Waals surface area contributed by atoms with Crippen molar-refractivity contribution in [2.24, 2.45) is 5.73 Å². The minimum absolute atomic E-state index is 0.198. The summed E-state index contributed by atoms with van der Waals surface area (Å²) in [7, 11) is -3.43. The van der Waals surface area contributed by atoms with Gasteiger partial charge in [-0.25, -0.2) is 13.1 Å². The Kier molecular flexibility index (Phi) is 3.29. The van der Waals surface area contributed by atoms with E-state index in [9.17, 15) is 8.42 Å². The third kappa shape index (κ3) is 2.60. The van der Waals surface area contributed by atoms with Gasteiger partial charge in [-0.3, -0.25) is 0 Å². The van der Waals surface area contributed by atoms with Crippen LogP contribution in [0.1, 0.15) is 45.3 Å². The first-order chi connectivity index (χ1) is 8.27. The first-order valence-corrected chi connectivity index (χ1v) is 7.70. The molecule has 3 N–H and O–H groups in total. The summed E-state index contributed by atoms with van der Waals surface area (Å²) in [4.78, 5) is 0.310. The summed E-state index contributed by atoms with van der Waals surface area (Å²) in [6.07, 6.45) is 3.47. The van der Waals surface area contributed by atoms with E-state index in [0.29, 0.717) is 11.4 Å². The van der Waals surface area contributed by atoms with Gasteiger partial charge >= 0.3 is 0 Å². The van der Waals surface area contributed by atoms with E-state index >= 15 is 0 Å². The summed E-state index contributed by atoms with van der Waals surface area (Å²) in [5, 5.41) is 0. The maximum atomic E-state index is 12.2. The van der Waals surface area contributed by atoms with Gasteiger partial charge in [-0.1, -0.05) is 0 Å². The lowest BCUT2D eigenvalue weighted by molar-refractivity contribution is 0.554. The van der Waals surface area contributed by atoms with Crippen LogP contribution in [0.5, 0.6) is 0 Å². The van der Waals surface area contributed by atoms with Crippen molar-refractivity contribution in [3.05, 3.63) is 18.0 Å². The molecule has 0 amide bonds. The smallest absolute Gasteiger partial charge is 0.242 e. The maximum absolute atomic E-state index is 12.2. The molecule has 1 heterocycles. The van der Waals surface area contributed by atoms with E-state index in [1.54, 1.807) is 12.3 Å². The first-order valence-electron chi connectivity index (χ1n) is 6.22.